The van der Waals surface area contributed by atoms with Gasteiger partial charge < -0.3 is 4.74 Å². The topological polar surface area (TPSA) is 39.9 Å². The number of hydrogen-bond donors (Lipinski definition) is 0. The molecule has 0 unspecified atom stereocenters. The summed E-state index contributed by atoms with van der Waals surface area (Å²) in [6.45, 7) is 4.10. The van der Waals surface area contributed by atoms with Crippen LogP contribution >= 0.6 is 11.6 Å². The van der Waals surface area contributed by atoms with Crippen LogP contribution in [-0.2, 0) is 0 Å². The van der Waals surface area contributed by atoms with Gasteiger partial charge in [-0.3, -0.25) is 9.67 Å². The van der Waals surface area contributed by atoms with Gasteiger partial charge in [-0.05, 0) is 26.0 Å². The highest BCUT2D eigenvalue weighted by atomic mass is 35.5. The molecule has 0 aliphatic carbocycles. The van der Waals surface area contributed by atoms with Gasteiger partial charge in [-0.25, -0.2) is 0 Å². The Hall–Kier alpha value is -1.55. The third kappa shape index (κ3) is 2.26. The number of rotatable bonds is 3. The molecule has 0 bridgehead atoms. The second-order valence-electron chi connectivity index (χ2n) is 3.95. The summed E-state index contributed by atoms with van der Waals surface area (Å²) >= 11 is 6.11. The van der Waals surface area contributed by atoms with E-state index in [-0.39, 0.29) is 6.04 Å². The van der Waals surface area contributed by atoms with Crippen LogP contribution in [0.15, 0.2) is 24.5 Å². The Labute approximate surface area is 105 Å². The number of aromatic nitrogens is 3. The van der Waals surface area contributed by atoms with Crippen molar-refractivity contribution >= 4 is 11.6 Å². The number of halogens is 1. The summed E-state index contributed by atoms with van der Waals surface area (Å²) in [6, 6.07) is 3.84. The van der Waals surface area contributed by atoms with Crippen LogP contribution in [0, 0.1) is 0 Å². The summed E-state index contributed by atoms with van der Waals surface area (Å²) in [6.07, 6.45) is 3.54. The van der Waals surface area contributed by atoms with E-state index in [1.807, 2.05) is 10.9 Å². The molecule has 2 aromatic rings. The summed E-state index contributed by atoms with van der Waals surface area (Å²) in [7, 11) is 1.61. The summed E-state index contributed by atoms with van der Waals surface area (Å²) in [5.41, 5.74) is 1.32. The van der Waals surface area contributed by atoms with E-state index in [2.05, 4.69) is 23.9 Å². The quantitative estimate of drug-likeness (QED) is 0.841. The molecule has 0 aromatic carbocycles. The van der Waals surface area contributed by atoms with Gasteiger partial charge in [0, 0.05) is 12.2 Å². The highest BCUT2D eigenvalue weighted by Crippen LogP contribution is 2.32. The average Bonchev–Trinajstić information content (AvgIpc) is 2.73. The van der Waals surface area contributed by atoms with Gasteiger partial charge in [0.2, 0.25) is 0 Å². The SMILES string of the molecule is COc1cn(C(C)C)nc1-c1ncccc1Cl. The third-order valence-electron chi connectivity index (χ3n) is 2.43. The van der Waals surface area contributed by atoms with E-state index >= 15 is 0 Å². The first-order chi connectivity index (χ1) is 8.13. The molecule has 0 aliphatic heterocycles. The zero-order valence-electron chi connectivity index (χ0n) is 10.0. The summed E-state index contributed by atoms with van der Waals surface area (Å²) in [5, 5.41) is 5.03. The molecule has 0 atom stereocenters. The van der Waals surface area contributed by atoms with Gasteiger partial charge in [0.15, 0.2) is 11.4 Å². The van der Waals surface area contributed by atoms with Gasteiger partial charge in [-0.2, -0.15) is 5.10 Å². The number of methoxy groups -OCH3 is 1. The lowest BCUT2D eigenvalue weighted by molar-refractivity contribution is 0.413. The fourth-order valence-corrected chi connectivity index (χ4v) is 1.72. The van der Waals surface area contributed by atoms with Crippen molar-refractivity contribution in [1.82, 2.24) is 14.8 Å². The molecule has 0 spiro atoms. The van der Waals surface area contributed by atoms with Gasteiger partial charge in [0.25, 0.3) is 0 Å². The maximum Gasteiger partial charge on any atom is 0.166 e. The Morgan fingerprint density at radius 3 is 2.71 bits per heavy atom. The van der Waals surface area contributed by atoms with Gasteiger partial charge in [0.05, 0.1) is 18.3 Å². The van der Waals surface area contributed by atoms with Crippen molar-refractivity contribution in [3.8, 4) is 17.1 Å². The van der Waals surface area contributed by atoms with Crippen LogP contribution in [-0.4, -0.2) is 21.9 Å². The van der Waals surface area contributed by atoms with E-state index < -0.39 is 0 Å². The second-order valence-corrected chi connectivity index (χ2v) is 4.36. The monoisotopic (exact) mass is 251 g/mol. The molecule has 0 radical (unpaired) electrons. The molecule has 0 saturated carbocycles. The lowest BCUT2D eigenvalue weighted by atomic mass is 10.2. The molecule has 0 aliphatic rings. The minimum absolute atomic E-state index is 0.264. The van der Waals surface area contributed by atoms with Crippen LogP contribution in [0.1, 0.15) is 19.9 Å². The van der Waals surface area contributed by atoms with Crippen molar-refractivity contribution in [1.29, 1.82) is 0 Å². The normalized spacial score (nSPS) is 10.9. The van der Waals surface area contributed by atoms with Gasteiger partial charge in [0.1, 0.15) is 5.69 Å². The molecule has 5 heteroatoms. The van der Waals surface area contributed by atoms with Crippen LogP contribution in [0.25, 0.3) is 11.4 Å². The minimum atomic E-state index is 0.264. The second kappa shape index (κ2) is 4.75. The first-order valence-corrected chi connectivity index (χ1v) is 5.75. The Bertz CT molecular complexity index is 522. The van der Waals surface area contributed by atoms with E-state index in [4.69, 9.17) is 16.3 Å². The summed E-state index contributed by atoms with van der Waals surface area (Å²) in [4.78, 5) is 4.24. The fraction of sp³-hybridized carbons (Fsp3) is 0.333. The predicted molar refractivity (Wildman–Crippen MR) is 67.4 cm³/mol. The largest absolute Gasteiger partial charge is 0.493 e. The standard InChI is InChI=1S/C12H14ClN3O/c1-8(2)16-7-10(17-3)12(15-16)11-9(13)5-4-6-14-11/h4-8H,1-3H3. The van der Waals surface area contributed by atoms with E-state index in [1.165, 1.54) is 0 Å². The molecule has 0 amide bonds. The van der Waals surface area contributed by atoms with Crippen molar-refractivity contribution in [3.05, 3.63) is 29.5 Å². The van der Waals surface area contributed by atoms with E-state index in [1.54, 1.807) is 25.4 Å². The van der Waals surface area contributed by atoms with Crippen molar-refractivity contribution in [3.63, 3.8) is 0 Å². The molecule has 0 N–H and O–H groups in total. The Balaban J connectivity index is 2.55. The van der Waals surface area contributed by atoms with E-state index in [0.29, 0.717) is 22.2 Å². The van der Waals surface area contributed by atoms with Crippen molar-refractivity contribution in [2.75, 3.05) is 7.11 Å². The first kappa shape index (κ1) is 11.9. The molecule has 0 saturated heterocycles. The molecule has 17 heavy (non-hydrogen) atoms. The van der Waals surface area contributed by atoms with Crippen molar-refractivity contribution < 1.29 is 4.74 Å². The zero-order valence-corrected chi connectivity index (χ0v) is 10.8. The molecule has 2 aromatic heterocycles. The lowest BCUT2D eigenvalue weighted by Crippen LogP contribution is -2.01. The maximum absolute atomic E-state index is 6.11. The zero-order chi connectivity index (χ0) is 12.4. The average molecular weight is 252 g/mol. The molecular formula is C12H14ClN3O. The molecule has 2 rings (SSSR count). The van der Waals surface area contributed by atoms with Crippen LogP contribution in [0.4, 0.5) is 0 Å². The Morgan fingerprint density at radius 2 is 2.12 bits per heavy atom. The van der Waals surface area contributed by atoms with Crippen LogP contribution in [0.3, 0.4) is 0 Å². The van der Waals surface area contributed by atoms with Crippen LogP contribution in [0.5, 0.6) is 5.75 Å². The fourth-order valence-electron chi connectivity index (χ4n) is 1.51. The third-order valence-corrected chi connectivity index (χ3v) is 2.74. The summed E-state index contributed by atoms with van der Waals surface area (Å²) < 4.78 is 7.14. The molecule has 2 heterocycles. The van der Waals surface area contributed by atoms with Crippen LogP contribution < -0.4 is 4.74 Å². The number of ether oxygens (including phenoxy) is 1. The first-order valence-electron chi connectivity index (χ1n) is 5.37. The van der Waals surface area contributed by atoms with Crippen LogP contribution in [0.2, 0.25) is 5.02 Å². The van der Waals surface area contributed by atoms with Gasteiger partial charge >= 0.3 is 0 Å². The lowest BCUT2D eigenvalue weighted by Gasteiger charge is -2.03. The molecule has 90 valence electrons. The highest BCUT2D eigenvalue weighted by molar-refractivity contribution is 6.33. The van der Waals surface area contributed by atoms with Gasteiger partial charge in [-0.1, -0.05) is 11.6 Å². The number of hydrogen-bond acceptors (Lipinski definition) is 3. The number of nitrogens with zero attached hydrogens (tertiary/aromatic N) is 3. The highest BCUT2D eigenvalue weighted by Gasteiger charge is 2.16. The smallest absolute Gasteiger partial charge is 0.166 e. The molecule has 4 nitrogen and oxygen atoms in total. The number of pyridine rings is 1. The molecule has 0 fully saturated rings. The van der Waals surface area contributed by atoms with E-state index in [0.717, 1.165) is 0 Å². The summed E-state index contributed by atoms with van der Waals surface area (Å²) in [5.74, 6) is 0.680. The van der Waals surface area contributed by atoms with Crippen molar-refractivity contribution in [2.45, 2.75) is 19.9 Å². The predicted octanol–water partition coefficient (Wildman–Crippen LogP) is 3.19. The minimum Gasteiger partial charge on any atom is -0.493 e. The van der Waals surface area contributed by atoms with Gasteiger partial charge in [-0.15, -0.1) is 0 Å². The van der Waals surface area contributed by atoms with E-state index in [9.17, 15) is 0 Å². The van der Waals surface area contributed by atoms with Crippen molar-refractivity contribution in [2.24, 2.45) is 0 Å². The Kier molecular flexibility index (Phi) is 3.33. The Morgan fingerprint density at radius 1 is 1.35 bits per heavy atom. The maximum atomic E-state index is 6.11. The molecular weight excluding hydrogens is 238 g/mol.